The van der Waals surface area contributed by atoms with Crippen LogP contribution in [0.4, 0.5) is 0 Å². The first-order valence-electron chi connectivity index (χ1n) is 6.47. The lowest BCUT2D eigenvalue weighted by atomic mass is 10.1. The van der Waals surface area contributed by atoms with Gasteiger partial charge in [0.1, 0.15) is 0 Å². The fourth-order valence-electron chi connectivity index (χ4n) is 2.58. The topological polar surface area (TPSA) is 45.2 Å². The van der Waals surface area contributed by atoms with Crippen LogP contribution < -0.4 is 5.32 Å². The van der Waals surface area contributed by atoms with Crippen LogP contribution in [0.3, 0.4) is 0 Å². The number of amides is 1. The SMILES string of the molecule is Cc1ccc(C(=O)N2CC(C)NC(C)C2)c(C)n1. The van der Waals surface area contributed by atoms with Crippen molar-refractivity contribution < 1.29 is 4.79 Å². The number of piperazine rings is 1. The molecular formula is C14H21N3O. The van der Waals surface area contributed by atoms with Crippen molar-refractivity contribution in [2.24, 2.45) is 0 Å². The third kappa shape index (κ3) is 2.70. The first kappa shape index (κ1) is 13.0. The van der Waals surface area contributed by atoms with Crippen LogP contribution >= 0.6 is 0 Å². The molecule has 0 saturated carbocycles. The highest BCUT2D eigenvalue weighted by Crippen LogP contribution is 2.13. The third-order valence-corrected chi connectivity index (χ3v) is 3.30. The molecule has 4 nitrogen and oxygen atoms in total. The maximum Gasteiger partial charge on any atom is 0.255 e. The van der Waals surface area contributed by atoms with Crippen molar-refractivity contribution in [3.05, 3.63) is 29.1 Å². The largest absolute Gasteiger partial charge is 0.335 e. The van der Waals surface area contributed by atoms with E-state index < -0.39 is 0 Å². The van der Waals surface area contributed by atoms with E-state index in [0.29, 0.717) is 12.1 Å². The van der Waals surface area contributed by atoms with Gasteiger partial charge in [-0.25, -0.2) is 0 Å². The van der Waals surface area contributed by atoms with Crippen molar-refractivity contribution in [3.8, 4) is 0 Å². The van der Waals surface area contributed by atoms with Crippen molar-refractivity contribution >= 4 is 5.91 Å². The molecule has 4 heteroatoms. The molecule has 98 valence electrons. The lowest BCUT2D eigenvalue weighted by Gasteiger charge is -2.36. The highest BCUT2D eigenvalue weighted by molar-refractivity contribution is 5.95. The van der Waals surface area contributed by atoms with E-state index in [1.807, 2.05) is 30.9 Å². The minimum absolute atomic E-state index is 0.0974. The van der Waals surface area contributed by atoms with Gasteiger partial charge in [-0.1, -0.05) is 0 Å². The van der Waals surface area contributed by atoms with Gasteiger partial charge in [-0.3, -0.25) is 9.78 Å². The molecule has 1 aromatic rings. The summed E-state index contributed by atoms with van der Waals surface area (Å²) in [5.41, 5.74) is 2.49. The Labute approximate surface area is 108 Å². The van der Waals surface area contributed by atoms with Crippen LogP contribution in [0.5, 0.6) is 0 Å². The average molecular weight is 247 g/mol. The molecule has 2 unspecified atom stereocenters. The molecule has 1 amide bonds. The van der Waals surface area contributed by atoms with Crippen molar-refractivity contribution in [3.63, 3.8) is 0 Å². The van der Waals surface area contributed by atoms with Crippen LogP contribution in [-0.2, 0) is 0 Å². The Morgan fingerprint density at radius 3 is 2.44 bits per heavy atom. The number of pyridine rings is 1. The summed E-state index contributed by atoms with van der Waals surface area (Å²) in [6.45, 7) is 9.57. The van der Waals surface area contributed by atoms with Gasteiger partial charge >= 0.3 is 0 Å². The van der Waals surface area contributed by atoms with E-state index in [9.17, 15) is 4.79 Å². The second kappa shape index (κ2) is 5.06. The fourth-order valence-corrected chi connectivity index (χ4v) is 2.58. The first-order valence-corrected chi connectivity index (χ1v) is 6.47. The molecule has 0 spiro atoms. The van der Waals surface area contributed by atoms with Crippen molar-refractivity contribution in [2.45, 2.75) is 39.8 Å². The predicted octanol–water partition coefficient (Wildman–Crippen LogP) is 1.52. The van der Waals surface area contributed by atoms with Gasteiger partial charge in [-0.15, -0.1) is 0 Å². The summed E-state index contributed by atoms with van der Waals surface area (Å²) in [6.07, 6.45) is 0. The predicted molar refractivity (Wildman–Crippen MR) is 71.7 cm³/mol. The Kier molecular flexibility index (Phi) is 3.66. The van der Waals surface area contributed by atoms with Gasteiger partial charge in [0.15, 0.2) is 0 Å². The molecule has 0 bridgehead atoms. The van der Waals surface area contributed by atoms with Crippen LogP contribution in [0.25, 0.3) is 0 Å². The number of hydrogen-bond acceptors (Lipinski definition) is 3. The molecule has 0 radical (unpaired) electrons. The van der Waals surface area contributed by atoms with E-state index in [1.54, 1.807) is 0 Å². The van der Waals surface area contributed by atoms with Gasteiger partial charge in [0.2, 0.25) is 0 Å². The van der Waals surface area contributed by atoms with Gasteiger partial charge < -0.3 is 10.2 Å². The highest BCUT2D eigenvalue weighted by Gasteiger charge is 2.26. The number of carbonyl (C=O) groups excluding carboxylic acids is 1. The standard InChI is InChI=1S/C14H21N3O/c1-9-5-6-13(12(4)16-9)14(18)17-7-10(2)15-11(3)8-17/h5-6,10-11,15H,7-8H2,1-4H3. The molecule has 2 atom stereocenters. The number of nitrogens with one attached hydrogen (secondary N) is 1. The van der Waals surface area contributed by atoms with Crippen molar-refractivity contribution in [2.75, 3.05) is 13.1 Å². The number of nitrogens with zero attached hydrogens (tertiary/aromatic N) is 2. The average Bonchev–Trinajstić information content (AvgIpc) is 2.26. The number of rotatable bonds is 1. The van der Waals surface area contributed by atoms with Crippen molar-refractivity contribution in [1.29, 1.82) is 0 Å². The number of aromatic nitrogens is 1. The van der Waals surface area contributed by atoms with E-state index in [4.69, 9.17) is 0 Å². The van der Waals surface area contributed by atoms with Gasteiger partial charge in [0, 0.05) is 30.9 Å². The Balaban J connectivity index is 2.20. The zero-order chi connectivity index (χ0) is 13.3. The number of aryl methyl sites for hydroxylation is 2. The summed E-state index contributed by atoms with van der Waals surface area (Å²) >= 11 is 0. The highest BCUT2D eigenvalue weighted by atomic mass is 16.2. The molecule has 1 aliphatic heterocycles. The van der Waals surface area contributed by atoms with E-state index in [2.05, 4.69) is 24.1 Å². The molecule has 1 aliphatic rings. The maximum atomic E-state index is 12.5. The Morgan fingerprint density at radius 1 is 1.28 bits per heavy atom. The lowest BCUT2D eigenvalue weighted by molar-refractivity contribution is 0.0672. The Hall–Kier alpha value is -1.42. The molecule has 0 aliphatic carbocycles. The third-order valence-electron chi connectivity index (χ3n) is 3.30. The van der Waals surface area contributed by atoms with Gasteiger partial charge in [-0.2, -0.15) is 0 Å². The summed E-state index contributed by atoms with van der Waals surface area (Å²) < 4.78 is 0. The quantitative estimate of drug-likeness (QED) is 0.818. The monoisotopic (exact) mass is 247 g/mol. The van der Waals surface area contributed by atoms with Gasteiger partial charge in [-0.05, 0) is 39.8 Å². The molecule has 18 heavy (non-hydrogen) atoms. The fraction of sp³-hybridized carbons (Fsp3) is 0.571. The smallest absolute Gasteiger partial charge is 0.255 e. The zero-order valence-corrected chi connectivity index (χ0v) is 11.5. The molecule has 2 rings (SSSR count). The molecule has 0 aromatic carbocycles. The van der Waals surface area contributed by atoms with E-state index in [1.165, 1.54) is 0 Å². The van der Waals surface area contributed by atoms with Crippen LogP contribution in [-0.4, -0.2) is 41.0 Å². The van der Waals surface area contributed by atoms with E-state index in [-0.39, 0.29) is 5.91 Å². The van der Waals surface area contributed by atoms with Crippen LogP contribution in [0.15, 0.2) is 12.1 Å². The lowest BCUT2D eigenvalue weighted by Crippen LogP contribution is -2.55. The summed E-state index contributed by atoms with van der Waals surface area (Å²) in [5, 5.41) is 3.43. The number of hydrogen-bond donors (Lipinski definition) is 1. The van der Waals surface area contributed by atoms with Crippen molar-refractivity contribution in [1.82, 2.24) is 15.2 Å². The maximum absolute atomic E-state index is 12.5. The summed E-state index contributed by atoms with van der Waals surface area (Å²) in [4.78, 5) is 18.8. The second-order valence-corrected chi connectivity index (χ2v) is 5.26. The van der Waals surface area contributed by atoms with Gasteiger partial charge in [0.05, 0.1) is 11.3 Å². The molecule has 1 fully saturated rings. The number of carbonyl (C=O) groups is 1. The second-order valence-electron chi connectivity index (χ2n) is 5.26. The van der Waals surface area contributed by atoms with E-state index in [0.717, 1.165) is 30.0 Å². The molecular weight excluding hydrogens is 226 g/mol. The van der Waals surface area contributed by atoms with E-state index >= 15 is 0 Å². The van der Waals surface area contributed by atoms with Crippen LogP contribution in [0.1, 0.15) is 35.6 Å². The molecule has 1 aromatic heterocycles. The van der Waals surface area contributed by atoms with Crippen LogP contribution in [0, 0.1) is 13.8 Å². The molecule has 2 heterocycles. The molecule has 1 saturated heterocycles. The summed E-state index contributed by atoms with van der Waals surface area (Å²) in [5.74, 6) is 0.0974. The van der Waals surface area contributed by atoms with Gasteiger partial charge in [0.25, 0.3) is 5.91 Å². The first-order chi connectivity index (χ1) is 8.47. The molecule has 1 N–H and O–H groups in total. The summed E-state index contributed by atoms with van der Waals surface area (Å²) in [7, 11) is 0. The minimum Gasteiger partial charge on any atom is -0.335 e. The minimum atomic E-state index is 0.0974. The Morgan fingerprint density at radius 2 is 1.89 bits per heavy atom. The normalized spacial score (nSPS) is 24.1. The van der Waals surface area contributed by atoms with Crippen LogP contribution in [0.2, 0.25) is 0 Å². The Bertz CT molecular complexity index is 448. The zero-order valence-electron chi connectivity index (χ0n) is 11.5. The summed E-state index contributed by atoms with van der Waals surface area (Å²) in [6, 6.07) is 4.47.